The summed E-state index contributed by atoms with van der Waals surface area (Å²) in [6.45, 7) is 2.74. The number of carbonyl (C=O) groups excluding carboxylic acids is 3. The SMILES string of the molecule is CC(=O)c1cccc(C(C)=O)c1NC(=O)CCl. The highest BCUT2D eigenvalue weighted by molar-refractivity contribution is 6.29. The number of Topliss-reactive ketones (excluding diaryl/α,β-unsaturated/α-hetero) is 2. The highest BCUT2D eigenvalue weighted by Gasteiger charge is 2.16. The van der Waals surface area contributed by atoms with E-state index in [1.54, 1.807) is 18.2 Å². The van der Waals surface area contributed by atoms with Gasteiger partial charge in [-0.05, 0) is 26.0 Å². The van der Waals surface area contributed by atoms with Crippen LogP contribution in [0.3, 0.4) is 0 Å². The number of ketones is 2. The number of carbonyl (C=O) groups is 3. The second kappa shape index (κ2) is 5.59. The smallest absolute Gasteiger partial charge is 0.239 e. The van der Waals surface area contributed by atoms with Crippen molar-refractivity contribution in [3.8, 4) is 0 Å². The Balaban J connectivity index is 3.33. The zero-order valence-electron chi connectivity index (χ0n) is 9.54. The van der Waals surface area contributed by atoms with Gasteiger partial charge in [0.05, 0.1) is 5.69 Å². The Hall–Kier alpha value is -1.68. The summed E-state index contributed by atoms with van der Waals surface area (Å²) in [6.07, 6.45) is 0. The van der Waals surface area contributed by atoms with Crippen LogP contribution in [-0.2, 0) is 4.79 Å². The first-order chi connectivity index (χ1) is 7.97. The van der Waals surface area contributed by atoms with Crippen LogP contribution in [0, 0.1) is 0 Å². The zero-order valence-corrected chi connectivity index (χ0v) is 10.3. The van der Waals surface area contributed by atoms with Crippen molar-refractivity contribution >= 4 is 34.8 Å². The minimum absolute atomic E-state index is 0.224. The van der Waals surface area contributed by atoms with E-state index in [-0.39, 0.29) is 23.1 Å². The summed E-state index contributed by atoms with van der Waals surface area (Å²) in [7, 11) is 0. The van der Waals surface area contributed by atoms with E-state index in [4.69, 9.17) is 11.6 Å². The van der Waals surface area contributed by atoms with Crippen molar-refractivity contribution in [2.75, 3.05) is 11.2 Å². The molecule has 0 aliphatic rings. The summed E-state index contributed by atoms with van der Waals surface area (Å²) in [5.74, 6) is -1.14. The van der Waals surface area contributed by atoms with E-state index < -0.39 is 5.91 Å². The molecular weight excluding hydrogens is 242 g/mol. The van der Waals surface area contributed by atoms with Crippen LogP contribution in [0.15, 0.2) is 18.2 Å². The summed E-state index contributed by atoms with van der Waals surface area (Å²) in [6, 6.07) is 4.71. The first-order valence-electron chi connectivity index (χ1n) is 4.98. The maximum atomic E-state index is 11.4. The molecule has 4 nitrogen and oxygen atoms in total. The first-order valence-corrected chi connectivity index (χ1v) is 5.51. The van der Waals surface area contributed by atoms with E-state index in [0.717, 1.165) is 0 Å². The van der Waals surface area contributed by atoms with Crippen LogP contribution >= 0.6 is 11.6 Å². The molecule has 17 heavy (non-hydrogen) atoms. The predicted molar refractivity (Wildman–Crippen MR) is 65.8 cm³/mol. The van der Waals surface area contributed by atoms with Crippen LogP contribution in [-0.4, -0.2) is 23.4 Å². The molecule has 1 aromatic carbocycles. The molecule has 0 heterocycles. The van der Waals surface area contributed by atoms with Gasteiger partial charge in [0.15, 0.2) is 11.6 Å². The lowest BCUT2D eigenvalue weighted by Crippen LogP contribution is -2.17. The van der Waals surface area contributed by atoms with Crippen molar-refractivity contribution in [3.05, 3.63) is 29.3 Å². The number of para-hydroxylation sites is 1. The van der Waals surface area contributed by atoms with Gasteiger partial charge in [-0.2, -0.15) is 0 Å². The van der Waals surface area contributed by atoms with Gasteiger partial charge in [-0.1, -0.05) is 6.07 Å². The maximum absolute atomic E-state index is 11.4. The van der Waals surface area contributed by atoms with Crippen LogP contribution < -0.4 is 5.32 Å². The molecular formula is C12H12ClNO3. The summed E-state index contributed by atoms with van der Waals surface area (Å²) in [5, 5.41) is 2.48. The Morgan fingerprint density at radius 2 is 1.59 bits per heavy atom. The second-order valence-electron chi connectivity index (χ2n) is 3.52. The Labute approximate surface area is 104 Å². The predicted octanol–water partition coefficient (Wildman–Crippen LogP) is 2.27. The van der Waals surface area contributed by atoms with Gasteiger partial charge < -0.3 is 5.32 Å². The number of hydrogen-bond donors (Lipinski definition) is 1. The fourth-order valence-electron chi connectivity index (χ4n) is 1.45. The van der Waals surface area contributed by atoms with Gasteiger partial charge >= 0.3 is 0 Å². The molecule has 0 saturated carbocycles. The van der Waals surface area contributed by atoms with Crippen LogP contribution in [0.4, 0.5) is 5.69 Å². The lowest BCUT2D eigenvalue weighted by molar-refractivity contribution is -0.113. The van der Waals surface area contributed by atoms with Gasteiger partial charge in [0, 0.05) is 11.1 Å². The standard InChI is InChI=1S/C12H12ClNO3/c1-7(15)9-4-3-5-10(8(2)16)12(9)14-11(17)6-13/h3-5H,6H2,1-2H3,(H,14,17). The molecule has 0 aliphatic carbocycles. The molecule has 0 bridgehead atoms. The Bertz CT molecular complexity index is 450. The van der Waals surface area contributed by atoms with Crippen molar-refractivity contribution in [2.45, 2.75) is 13.8 Å². The molecule has 0 aliphatic heterocycles. The minimum Gasteiger partial charge on any atom is -0.324 e. The Kier molecular flexibility index (Phi) is 4.40. The lowest BCUT2D eigenvalue weighted by atomic mass is 10.0. The number of anilines is 1. The minimum atomic E-state index is -0.456. The first kappa shape index (κ1) is 13.4. The highest BCUT2D eigenvalue weighted by atomic mass is 35.5. The number of hydrogen-bond acceptors (Lipinski definition) is 3. The van der Waals surface area contributed by atoms with Crippen LogP contribution in [0.5, 0.6) is 0 Å². The molecule has 0 atom stereocenters. The van der Waals surface area contributed by atoms with E-state index >= 15 is 0 Å². The molecule has 1 amide bonds. The molecule has 1 aromatic rings. The normalized spacial score (nSPS) is 9.82. The number of alkyl halides is 1. The maximum Gasteiger partial charge on any atom is 0.239 e. The molecule has 0 aromatic heterocycles. The monoisotopic (exact) mass is 253 g/mol. The number of nitrogens with one attached hydrogen (secondary N) is 1. The number of benzene rings is 1. The average Bonchev–Trinajstić information content (AvgIpc) is 2.28. The second-order valence-corrected chi connectivity index (χ2v) is 3.79. The summed E-state index contributed by atoms with van der Waals surface area (Å²) < 4.78 is 0. The molecule has 0 saturated heterocycles. The van der Waals surface area contributed by atoms with E-state index in [2.05, 4.69) is 5.32 Å². The molecule has 5 heteroatoms. The fraction of sp³-hybridized carbons (Fsp3) is 0.250. The third kappa shape index (κ3) is 3.14. The largest absolute Gasteiger partial charge is 0.324 e. The zero-order chi connectivity index (χ0) is 13.0. The van der Waals surface area contributed by atoms with Gasteiger partial charge in [-0.3, -0.25) is 14.4 Å². The van der Waals surface area contributed by atoms with Gasteiger partial charge in [0.1, 0.15) is 5.88 Å². The molecule has 0 radical (unpaired) electrons. The molecule has 0 fully saturated rings. The van der Waals surface area contributed by atoms with E-state index in [1.165, 1.54) is 13.8 Å². The van der Waals surface area contributed by atoms with E-state index in [0.29, 0.717) is 11.1 Å². The van der Waals surface area contributed by atoms with E-state index in [9.17, 15) is 14.4 Å². The van der Waals surface area contributed by atoms with E-state index in [1.807, 2.05) is 0 Å². The molecule has 1 N–H and O–H groups in total. The molecule has 0 spiro atoms. The average molecular weight is 254 g/mol. The van der Waals surface area contributed by atoms with Gasteiger partial charge in [0.25, 0.3) is 0 Å². The third-order valence-electron chi connectivity index (χ3n) is 2.21. The highest BCUT2D eigenvalue weighted by Crippen LogP contribution is 2.22. The number of amides is 1. The Morgan fingerprint density at radius 3 is 1.94 bits per heavy atom. The van der Waals surface area contributed by atoms with Crippen molar-refractivity contribution in [3.63, 3.8) is 0 Å². The van der Waals surface area contributed by atoms with Crippen molar-refractivity contribution in [1.82, 2.24) is 0 Å². The van der Waals surface area contributed by atoms with Crippen molar-refractivity contribution < 1.29 is 14.4 Å². The lowest BCUT2D eigenvalue weighted by Gasteiger charge is -2.11. The van der Waals surface area contributed by atoms with Crippen LogP contribution in [0.2, 0.25) is 0 Å². The molecule has 0 unspecified atom stereocenters. The summed E-state index contributed by atoms with van der Waals surface area (Å²) >= 11 is 5.38. The summed E-state index contributed by atoms with van der Waals surface area (Å²) in [5.41, 5.74) is 0.838. The van der Waals surface area contributed by atoms with Crippen molar-refractivity contribution in [1.29, 1.82) is 0 Å². The van der Waals surface area contributed by atoms with Crippen molar-refractivity contribution in [2.24, 2.45) is 0 Å². The Morgan fingerprint density at radius 1 is 1.12 bits per heavy atom. The van der Waals surface area contributed by atoms with Gasteiger partial charge in [-0.25, -0.2) is 0 Å². The molecule has 90 valence electrons. The fourth-order valence-corrected chi connectivity index (χ4v) is 1.51. The quantitative estimate of drug-likeness (QED) is 0.661. The van der Waals surface area contributed by atoms with Gasteiger partial charge in [-0.15, -0.1) is 11.6 Å². The van der Waals surface area contributed by atoms with Crippen LogP contribution in [0.1, 0.15) is 34.6 Å². The summed E-state index contributed by atoms with van der Waals surface area (Å²) in [4.78, 5) is 34.1. The topological polar surface area (TPSA) is 63.2 Å². The van der Waals surface area contributed by atoms with Crippen LogP contribution in [0.25, 0.3) is 0 Å². The van der Waals surface area contributed by atoms with Gasteiger partial charge in [0.2, 0.25) is 5.91 Å². The molecule has 1 rings (SSSR count). The number of halogens is 1. The third-order valence-corrected chi connectivity index (χ3v) is 2.45. The number of rotatable bonds is 4.